The summed E-state index contributed by atoms with van der Waals surface area (Å²) in [4.78, 5) is 14.0. The molecule has 1 atom stereocenters. The van der Waals surface area contributed by atoms with Crippen LogP contribution in [-0.2, 0) is 4.43 Å². The molecule has 0 radical (unpaired) electrons. The molecule has 0 unspecified atom stereocenters. The molecule has 1 aromatic rings. The van der Waals surface area contributed by atoms with Crippen LogP contribution in [-0.4, -0.2) is 30.9 Å². The van der Waals surface area contributed by atoms with Gasteiger partial charge in [0.15, 0.2) is 8.32 Å². The molecule has 0 aliphatic carbocycles. The SMILES string of the molecule is C[C@@H](COc1ncc([N+](=O)[O-])cc1Cl)O[Si](C)(C)C(C)(C)C. The van der Waals surface area contributed by atoms with Gasteiger partial charge in [0.2, 0.25) is 5.88 Å². The molecule has 1 rings (SSSR count). The van der Waals surface area contributed by atoms with Crippen molar-refractivity contribution in [2.24, 2.45) is 0 Å². The van der Waals surface area contributed by atoms with Crippen LogP contribution in [0.15, 0.2) is 12.3 Å². The second kappa shape index (κ2) is 6.93. The van der Waals surface area contributed by atoms with Gasteiger partial charge in [-0.15, -0.1) is 0 Å². The molecule has 0 saturated carbocycles. The minimum Gasteiger partial charge on any atom is -0.474 e. The van der Waals surface area contributed by atoms with Gasteiger partial charge in [-0.1, -0.05) is 32.4 Å². The molecule has 0 saturated heterocycles. The van der Waals surface area contributed by atoms with E-state index in [1.165, 1.54) is 6.07 Å². The van der Waals surface area contributed by atoms with Crippen LogP contribution in [0.4, 0.5) is 5.69 Å². The smallest absolute Gasteiger partial charge is 0.289 e. The topological polar surface area (TPSA) is 74.5 Å². The summed E-state index contributed by atoms with van der Waals surface area (Å²) in [5, 5.41) is 10.9. The van der Waals surface area contributed by atoms with Gasteiger partial charge in [0.05, 0.1) is 11.0 Å². The molecule has 1 aromatic heterocycles. The van der Waals surface area contributed by atoms with E-state index in [0.29, 0.717) is 0 Å². The van der Waals surface area contributed by atoms with Crippen LogP contribution in [0.2, 0.25) is 23.2 Å². The zero-order chi connectivity index (χ0) is 17.1. The van der Waals surface area contributed by atoms with Crippen LogP contribution in [0, 0.1) is 10.1 Å². The van der Waals surface area contributed by atoms with Crippen molar-refractivity contribution in [3.8, 4) is 5.88 Å². The highest BCUT2D eigenvalue weighted by molar-refractivity contribution is 6.74. The van der Waals surface area contributed by atoms with Crippen LogP contribution in [0.25, 0.3) is 0 Å². The van der Waals surface area contributed by atoms with Gasteiger partial charge in [-0.05, 0) is 25.1 Å². The molecule has 22 heavy (non-hydrogen) atoms. The maximum absolute atomic E-state index is 10.6. The Labute approximate surface area is 137 Å². The summed E-state index contributed by atoms with van der Waals surface area (Å²) in [7, 11) is -1.87. The van der Waals surface area contributed by atoms with Crippen LogP contribution in [0.1, 0.15) is 27.7 Å². The van der Waals surface area contributed by atoms with Gasteiger partial charge < -0.3 is 9.16 Å². The first-order valence-corrected chi connectivity index (χ1v) is 10.3. The highest BCUT2D eigenvalue weighted by Gasteiger charge is 2.38. The molecular weight excluding hydrogens is 324 g/mol. The van der Waals surface area contributed by atoms with Crippen molar-refractivity contribution in [3.05, 3.63) is 27.4 Å². The second-order valence-corrected chi connectivity index (χ2v) is 11.9. The molecule has 8 heteroatoms. The zero-order valence-corrected chi connectivity index (χ0v) is 15.6. The molecule has 0 fully saturated rings. The minimum absolute atomic E-state index is 0.116. The number of aromatic nitrogens is 1. The first-order chi connectivity index (χ1) is 9.94. The van der Waals surface area contributed by atoms with Gasteiger partial charge in [-0.25, -0.2) is 4.98 Å². The normalized spacial score (nSPS) is 13.8. The summed E-state index contributed by atoms with van der Waals surface area (Å²) in [6.07, 6.45) is 1.01. The fraction of sp³-hybridized carbons (Fsp3) is 0.643. The average Bonchev–Trinajstić information content (AvgIpc) is 2.35. The predicted octanol–water partition coefficient (Wildman–Crippen LogP) is 4.43. The van der Waals surface area contributed by atoms with Crippen molar-refractivity contribution in [2.45, 2.75) is 51.9 Å². The maximum Gasteiger partial charge on any atom is 0.289 e. The van der Waals surface area contributed by atoms with Gasteiger partial charge >= 0.3 is 0 Å². The third kappa shape index (κ3) is 4.93. The lowest BCUT2D eigenvalue weighted by Gasteiger charge is -2.38. The molecule has 6 nitrogen and oxygen atoms in total. The molecule has 0 bridgehead atoms. The fourth-order valence-corrected chi connectivity index (χ4v) is 3.17. The Morgan fingerprint density at radius 3 is 2.50 bits per heavy atom. The lowest BCUT2D eigenvalue weighted by molar-refractivity contribution is -0.385. The largest absolute Gasteiger partial charge is 0.474 e. The highest BCUT2D eigenvalue weighted by Crippen LogP contribution is 2.37. The van der Waals surface area contributed by atoms with E-state index in [-0.39, 0.29) is 34.3 Å². The number of hydrogen-bond donors (Lipinski definition) is 0. The first kappa shape index (κ1) is 18.9. The predicted molar refractivity (Wildman–Crippen MR) is 89.1 cm³/mol. The molecule has 0 N–H and O–H groups in total. The highest BCUT2D eigenvalue weighted by atomic mass is 35.5. The monoisotopic (exact) mass is 346 g/mol. The van der Waals surface area contributed by atoms with E-state index in [1.54, 1.807) is 0 Å². The Kier molecular flexibility index (Phi) is 5.94. The van der Waals surface area contributed by atoms with E-state index in [2.05, 4.69) is 38.8 Å². The Balaban J connectivity index is 2.65. The summed E-state index contributed by atoms with van der Waals surface area (Å²) in [6.45, 7) is 13.1. The van der Waals surface area contributed by atoms with Gasteiger partial charge in [-0.3, -0.25) is 10.1 Å². The van der Waals surface area contributed by atoms with E-state index >= 15 is 0 Å². The number of rotatable bonds is 6. The Bertz CT molecular complexity index is 546. The number of nitro groups is 1. The molecule has 0 aliphatic heterocycles. The van der Waals surface area contributed by atoms with Gasteiger partial charge in [-0.2, -0.15) is 0 Å². The van der Waals surface area contributed by atoms with E-state index in [0.717, 1.165) is 6.20 Å². The van der Waals surface area contributed by atoms with Crippen molar-refractivity contribution in [1.82, 2.24) is 4.98 Å². The summed E-state index contributed by atoms with van der Waals surface area (Å²) < 4.78 is 11.7. The van der Waals surface area contributed by atoms with Gasteiger partial charge in [0.1, 0.15) is 17.8 Å². The standard InChI is InChI=1S/C14H23ClN2O4Si/c1-10(21-22(5,6)14(2,3)4)9-20-13-12(15)7-11(8-16-13)17(18)19/h7-8,10H,9H2,1-6H3/t10-/m0/s1. The van der Waals surface area contributed by atoms with Crippen LogP contribution >= 0.6 is 11.6 Å². The number of halogens is 1. The minimum atomic E-state index is -1.87. The summed E-state index contributed by atoms with van der Waals surface area (Å²) in [6, 6.07) is 1.23. The van der Waals surface area contributed by atoms with Crippen molar-refractivity contribution in [1.29, 1.82) is 0 Å². The summed E-state index contributed by atoms with van der Waals surface area (Å²) in [5.74, 6) is 0.179. The quantitative estimate of drug-likeness (QED) is 0.432. The molecule has 0 aliphatic rings. The van der Waals surface area contributed by atoms with Crippen molar-refractivity contribution >= 4 is 25.6 Å². The van der Waals surface area contributed by atoms with E-state index in [1.807, 2.05) is 6.92 Å². The fourth-order valence-electron chi connectivity index (χ4n) is 1.53. The molecule has 0 spiro atoms. The Morgan fingerprint density at radius 1 is 1.45 bits per heavy atom. The Hall–Kier alpha value is -1.18. The Morgan fingerprint density at radius 2 is 2.05 bits per heavy atom. The van der Waals surface area contributed by atoms with Crippen molar-refractivity contribution < 1.29 is 14.1 Å². The third-order valence-electron chi connectivity index (χ3n) is 3.76. The zero-order valence-electron chi connectivity index (χ0n) is 13.8. The number of nitrogens with zero attached hydrogens (tertiary/aromatic N) is 2. The van der Waals surface area contributed by atoms with E-state index in [9.17, 15) is 10.1 Å². The summed E-state index contributed by atoms with van der Waals surface area (Å²) >= 11 is 5.94. The van der Waals surface area contributed by atoms with Crippen LogP contribution in [0.3, 0.4) is 0 Å². The maximum atomic E-state index is 10.6. The molecule has 0 aromatic carbocycles. The van der Waals surface area contributed by atoms with Crippen molar-refractivity contribution in [3.63, 3.8) is 0 Å². The van der Waals surface area contributed by atoms with Gasteiger partial charge in [0, 0.05) is 6.07 Å². The van der Waals surface area contributed by atoms with E-state index < -0.39 is 13.2 Å². The lowest BCUT2D eigenvalue weighted by atomic mass is 10.2. The first-order valence-electron chi connectivity index (χ1n) is 7.04. The molecule has 124 valence electrons. The van der Waals surface area contributed by atoms with Crippen LogP contribution < -0.4 is 4.74 Å². The second-order valence-electron chi connectivity index (χ2n) is 6.74. The average molecular weight is 347 g/mol. The van der Waals surface area contributed by atoms with Gasteiger partial charge in [0.25, 0.3) is 5.69 Å². The summed E-state index contributed by atoms with van der Waals surface area (Å²) in [5.41, 5.74) is -0.164. The molecule has 1 heterocycles. The third-order valence-corrected chi connectivity index (χ3v) is 8.64. The number of hydrogen-bond acceptors (Lipinski definition) is 5. The number of ether oxygens (including phenoxy) is 1. The number of pyridine rings is 1. The van der Waals surface area contributed by atoms with Crippen LogP contribution in [0.5, 0.6) is 5.88 Å². The lowest BCUT2D eigenvalue weighted by Crippen LogP contribution is -2.44. The van der Waals surface area contributed by atoms with E-state index in [4.69, 9.17) is 20.8 Å². The molecule has 0 amide bonds. The molecular formula is C14H23ClN2O4Si. The van der Waals surface area contributed by atoms with Crippen molar-refractivity contribution in [2.75, 3.05) is 6.61 Å².